The molecule has 4 rings (SSSR count). The minimum absolute atomic E-state index is 0.107. The largest absolute Gasteiger partial charge is 0.381 e. The Hall–Kier alpha value is -2.37. The molecule has 0 unspecified atom stereocenters. The van der Waals surface area contributed by atoms with Crippen molar-refractivity contribution in [3.8, 4) is 0 Å². The van der Waals surface area contributed by atoms with Gasteiger partial charge in [-0.25, -0.2) is 0 Å². The highest BCUT2D eigenvalue weighted by Gasteiger charge is 2.41. The zero-order chi connectivity index (χ0) is 20.1. The van der Waals surface area contributed by atoms with Crippen LogP contribution in [-0.2, 0) is 21.5 Å². The van der Waals surface area contributed by atoms with Crippen LogP contribution >= 0.6 is 0 Å². The molecule has 0 radical (unpaired) electrons. The molecule has 2 aliphatic heterocycles. The highest BCUT2D eigenvalue weighted by Crippen LogP contribution is 2.35. The third-order valence-electron chi connectivity index (χ3n) is 6.37. The summed E-state index contributed by atoms with van der Waals surface area (Å²) in [4.78, 5) is 18.0. The minimum atomic E-state index is -0.487. The van der Waals surface area contributed by atoms with Crippen molar-refractivity contribution in [1.29, 1.82) is 0 Å². The Morgan fingerprint density at radius 3 is 2.28 bits per heavy atom. The number of benzene rings is 2. The average molecular weight is 394 g/mol. The lowest BCUT2D eigenvalue weighted by Crippen LogP contribution is -2.47. The summed E-state index contributed by atoms with van der Waals surface area (Å²) in [7, 11) is 2.17. The lowest BCUT2D eigenvalue weighted by atomic mass is 9.73. The molecule has 29 heavy (non-hydrogen) atoms. The van der Waals surface area contributed by atoms with Crippen molar-refractivity contribution in [2.24, 2.45) is 0 Å². The zero-order valence-electron chi connectivity index (χ0n) is 17.3. The first kappa shape index (κ1) is 19.9. The van der Waals surface area contributed by atoms with Crippen LogP contribution in [0.2, 0.25) is 0 Å². The zero-order valence-corrected chi connectivity index (χ0v) is 17.3. The first-order chi connectivity index (χ1) is 14.2. The molecule has 0 aromatic heterocycles. The Bertz CT molecular complexity index is 793. The molecule has 0 atom stereocenters. The molecule has 1 amide bonds. The van der Waals surface area contributed by atoms with Crippen molar-refractivity contribution in [2.45, 2.75) is 24.8 Å². The second-order valence-corrected chi connectivity index (χ2v) is 8.20. The number of piperazine rings is 1. The predicted molar refractivity (Wildman–Crippen MR) is 116 cm³/mol. The van der Waals surface area contributed by atoms with Gasteiger partial charge in [-0.15, -0.1) is 0 Å². The van der Waals surface area contributed by atoms with Gasteiger partial charge in [0.15, 0.2) is 0 Å². The maximum absolute atomic E-state index is 13.3. The van der Waals surface area contributed by atoms with Gasteiger partial charge in [-0.1, -0.05) is 42.5 Å². The molecular weight excluding hydrogens is 362 g/mol. The Kier molecular flexibility index (Phi) is 6.16. The van der Waals surface area contributed by atoms with E-state index in [0.29, 0.717) is 19.8 Å². The first-order valence-corrected chi connectivity index (χ1v) is 10.6. The van der Waals surface area contributed by atoms with Gasteiger partial charge < -0.3 is 19.9 Å². The highest BCUT2D eigenvalue weighted by molar-refractivity contribution is 5.88. The van der Waals surface area contributed by atoms with E-state index >= 15 is 0 Å². The van der Waals surface area contributed by atoms with Gasteiger partial charge in [0, 0.05) is 51.6 Å². The van der Waals surface area contributed by atoms with Gasteiger partial charge in [0.2, 0.25) is 5.91 Å². The number of likely N-dealkylation sites (N-methyl/N-ethyl adjacent to an activating group) is 1. The summed E-state index contributed by atoms with van der Waals surface area (Å²) < 4.78 is 5.55. The van der Waals surface area contributed by atoms with Crippen molar-refractivity contribution >= 4 is 11.6 Å². The van der Waals surface area contributed by atoms with Gasteiger partial charge in [0.05, 0.1) is 5.41 Å². The minimum Gasteiger partial charge on any atom is -0.381 e. The Labute approximate surface area is 173 Å². The van der Waals surface area contributed by atoms with Crippen LogP contribution in [0.1, 0.15) is 24.0 Å². The summed E-state index contributed by atoms with van der Waals surface area (Å²) in [6, 6.07) is 18.8. The van der Waals surface area contributed by atoms with Crippen LogP contribution in [0.5, 0.6) is 0 Å². The van der Waals surface area contributed by atoms with Crippen LogP contribution in [0, 0.1) is 0 Å². The molecule has 0 saturated carbocycles. The van der Waals surface area contributed by atoms with Crippen molar-refractivity contribution in [3.63, 3.8) is 0 Å². The molecule has 2 aromatic carbocycles. The fourth-order valence-electron chi connectivity index (χ4n) is 4.36. The van der Waals surface area contributed by atoms with E-state index in [-0.39, 0.29) is 5.91 Å². The van der Waals surface area contributed by atoms with E-state index in [1.54, 1.807) is 0 Å². The third kappa shape index (κ3) is 4.46. The Balaban J connectivity index is 1.40. The number of amides is 1. The van der Waals surface area contributed by atoms with Crippen LogP contribution in [-0.4, -0.2) is 57.2 Å². The smallest absolute Gasteiger partial charge is 0.231 e. The quantitative estimate of drug-likeness (QED) is 0.849. The summed E-state index contributed by atoms with van der Waals surface area (Å²) in [5, 5.41) is 3.20. The number of anilines is 1. The number of carbonyl (C=O) groups excluding carboxylic acids is 1. The van der Waals surface area contributed by atoms with Crippen molar-refractivity contribution in [2.75, 3.05) is 51.3 Å². The highest BCUT2D eigenvalue weighted by atomic mass is 16.5. The number of nitrogens with one attached hydrogen (secondary N) is 1. The number of hydrogen-bond donors (Lipinski definition) is 1. The summed E-state index contributed by atoms with van der Waals surface area (Å²) in [6.45, 7) is 6.13. The van der Waals surface area contributed by atoms with Gasteiger partial charge in [-0.3, -0.25) is 4.79 Å². The van der Waals surface area contributed by atoms with Crippen molar-refractivity contribution in [1.82, 2.24) is 10.2 Å². The Morgan fingerprint density at radius 1 is 0.966 bits per heavy atom. The fraction of sp³-hybridized carbons (Fsp3) is 0.458. The van der Waals surface area contributed by atoms with E-state index in [1.165, 1.54) is 5.69 Å². The topological polar surface area (TPSA) is 44.8 Å². The molecule has 2 fully saturated rings. The Morgan fingerprint density at radius 2 is 1.62 bits per heavy atom. The van der Waals surface area contributed by atoms with Crippen molar-refractivity contribution in [3.05, 3.63) is 65.7 Å². The number of ether oxygens (including phenoxy) is 1. The van der Waals surface area contributed by atoms with E-state index in [4.69, 9.17) is 4.74 Å². The molecule has 5 nitrogen and oxygen atoms in total. The van der Waals surface area contributed by atoms with Crippen LogP contribution in [0.25, 0.3) is 0 Å². The monoisotopic (exact) mass is 393 g/mol. The molecule has 2 heterocycles. The molecular formula is C24H31N3O2. The fourth-order valence-corrected chi connectivity index (χ4v) is 4.36. The van der Waals surface area contributed by atoms with Crippen LogP contribution < -0.4 is 10.2 Å². The maximum Gasteiger partial charge on any atom is 0.231 e. The summed E-state index contributed by atoms with van der Waals surface area (Å²) in [6.07, 6.45) is 1.45. The molecule has 2 aromatic rings. The van der Waals surface area contributed by atoms with E-state index in [1.807, 2.05) is 18.2 Å². The molecule has 5 heteroatoms. The summed E-state index contributed by atoms with van der Waals surface area (Å²) in [5.41, 5.74) is 3.00. The normalized spacial score (nSPS) is 19.7. The first-order valence-electron chi connectivity index (χ1n) is 10.6. The van der Waals surface area contributed by atoms with Crippen LogP contribution in [0.3, 0.4) is 0 Å². The molecule has 154 valence electrons. The second kappa shape index (κ2) is 8.97. The van der Waals surface area contributed by atoms with E-state index < -0.39 is 5.41 Å². The summed E-state index contributed by atoms with van der Waals surface area (Å²) in [5.74, 6) is 0.107. The van der Waals surface area contributed by atoms with E-state index in [2.05, 4.69) is 58.6 Å². The van der Waals surface area contributed by atoms with Crippen LogP contribution in [0.4, 0.5) is 5.69 Å². The number of carbonyl (C=O) groups is 1. The van der Waals surface area contributed by atoms with E-state index in [0.717, 1.165) is 50.1 Å². The molecule has 2 saturated heterocycles. The van der Waals surface area contributed by atoms with Gasteiger partial charge in [0.25, 0.3) is 0 Å². The number of hydrogen-bond acceptors (Lipinski definition) is 4. The molecule has 0 aliphatic carbocycles. The lowest BCUT2D eigenvalue weighted by Gasteiger charge is -2.36. The standard InChI is InChI=1S/C24H31N3O2/c1-26-13-15-27(16-14-26)22-9-7-20(8-10-22)19-25-23(28)24(11-17-29-18-12-24)21-5-3-2-4-6-21/h2-10H,11-19H2,1H3,(H,25,28). The van der Waals surface area contributed by atoms with Gasteiger partial charge in [-0.05, 0) is 43.1 Å². The molecule has 1 N–H and O–H groups in total. The molecule has 0 spiro atoms. The SMILES string of the molecule is CN1CCN(c2ccc(CNC(=O)C3(c4ccccc4)CCOCC3)cc2)CC1. The number of rotatable bonds is 5. The number of nitrogens with zero attached hydrogens (tertiary/aromatic N) is 2. The van der Waals surface area contributed by atoms with Gasteiger partial charge in [0.1, 0.15) is 0 Å². The predicted octanol–water partition coefficient (Wildman–Crippen LogP) is 2.80. The van der Waals surface area contributed by atoms with E-state index in [9.17, 15) is 4.79 Å². The van der Waals surface area contributed by atoms with Gasteiger partial charge >= 0.3 is 0 Å². The molecule has 0 bridgehead atoms. The summed E-state index contributed by atoms with van der Waals surface area (Å²) >= 11 is 0. The average Bonchev–Trinajstić information content (AvgIpc) is 2.79. The van der Waals surface area contributed by atoms with Crippen molar-refractivity contribution < 1.29 is 9.53 Å². The third-order valence-corrected chi connectivity index (χ3v) is 6.37. The second-order valence-electron chi connectivity index (χ2n) is 8.20. The molecule has 2 aliphatic rings. The maximum atomic E-state index is 13.3. The van der Waals surface area contributed by atoms with Crippen LogP contribution in [0.15, 0.2) is 54.6 Å². The van der Waals surface area contributed by atoms with Gasteiger partial charge in [-0.2, -0.15) is 0 Å². The lowest BCUT2D eigenvalue weighted by molar-refractivity contribution is -0.130.